The molecular weight excluding hydrogens is 535 g/mol. The number of halogens is 3. The van der Waals surface area contributed by atoms with Gasteiger partial charge in [0.15, 0.2) is 0 Å². The van der Waals surface area contributed by atoms with Gasteiger partial charge in [0.05, 0.1) is 20.6 Å². The normalized spacial score (nSPS) is 18.9. The largest absolute Gasteiger partial charge is 0.474 e. The fourth-order valence-corrected chi connectivity index (χ4v) is 4.98. The van der Waals surface area contributed by atoms with Crippen LogP contribution in [0.1, 0.15) is 28.8 Å². The molecule has 1 aliphatic heterocycles. The predicted octanol–water partition coefficient (Wildman–Crippen LogP) is 4.56. The minimum absolute atomic E-state index is 0.104. The van der Waals surface area contributed by atoms with E-state index in [1.54, 1.807) is 29.2 Å². The van der Waals surface area contributed by atoms with Crippen molar-refractivity contribution < 1.29 is 17.9 Å². The molecule has 1 aliphatic rings. The molecule has 3 atom stereocenters. The highest BCUT2D eigenvalue weighted by Gasteiger charge is 2.40. The van der Waals surface area contributed by atoms with E-state index >= 15 is 0 Å². The first-order valence-corrected chi connectivity index (χ1v) is 13.6. The highest BCUT2D eigenvalue weighted by atomic mass is 35.5. The molecule has 1 fully saturated rings. The van der Waals surface area contributed by atoms with E-state index in [1.807, 2.05) is 13.0 Å². The number of benzene rings is 1. The summed E-state index contributed by atoms with van der Waals surface area (Å²) in [6.45, 7) is 2.69. The summed E-state index contributed by atoms with van der Waals surface area (Å²) in [5.41, 5.74) is 1.11. The molecule has 0 bridgehead atoms. The number of pyridine rings is 1. The lowest BCUT2D eigenvalue weighted by atomic mass is 9.86. The average molecular weight is 556 g/mol. The van der Waals surface area contributed by atoms with Crippen LogP contribution in [0.5, 0.6) is 5.88 Å². The van der Waals surface area contributed by atoms with Crippen LogP contribution in [-0.2, 0) is 9.84 Å². The Hall–Kier alpha value is -2.46. The van der Waals surface area contributed by atoms with Crippen molar-refractivity contribution in [2.45, 2.75) is 24.1 Å². The summed E-state index contributed by atoms with van der Waals surface area (Å²) in [6, 6.07) is 8.79. The molecule has 0 unspecified atom stereocenters. The van der Waals surface area contributed by atoms with Crippen LogP contribution in [0.25, 0.3) is 0 Å². The number of hydrogen-bond donors (Lipinski definition) is 0. The average Bonchev–Trinajstić information content (AvgIpc) is 3.27. The highest BCUT2D eigenvalue weighted by Crippen LogP contribution is 2.38. The number of amides is 1. The third kappa shape index (κ3) is 5.86. The van der Waals surface area contributed by atoms with Gasteiger partial charge < -0.3 is 9.64 Å². The lowest BCUT2D eigenvalue weighted by Crippen LogP contribution is -2.32. The quantitative estimate of drug-likeness (QED) is 0.411. The number of likely N-dealkylation sites (tertiary alicyclic amines) is 1. The van der Waals surface area contributed by atoms with E-state index in [2.05, 4.69) is 15.0 Å². The first-order valence-electron chi connectivity index (χ1n) is 10.6. The molecular formula is C23H21Cl3N4O4S. The standard InChI is InChI=1S/C23H21Cl3N4O4S/c1-13(34-21-6-4-16(24)10-27-21)17-11-30(12-18(17)14-3-5-19(25)20(26)7-14)22(31)15-8-28-23(29-9-15)35(2,32)33/h3-10,13,17-18H,11-12H2,1-2H3/t13-,17+,18+/m1/s1. The van der Waals surface area contributed by atoms with E-state index in [0.29, 0.717) is 34.0 Å². The molecule has 184 valence electrons. The zero-order valence-corrected chi connectivity index (χ0v) is 21.8. The molecule has 1 aromatic carbocycles. The van der Waals surface area contributed by atoms with E-state index in [-0.39, 0.29) is 34.6 Å². The molecule has 12 heteroatoms. The van der Waals surface area contributed by atoms with Crippen molar-refractivity contribution >= 4 is 50.5 Å². The van der Waals surface area contributed by atoms with Crippen molar-refractivity contribution in [1.29, 1.82) is 0 Å². The predicted molar refractivity (Wildman–Crippen MR) is 133 cm³/mol. The van der Waals surface area contributed by atoms with Crippen LogP contribution in [0.2, 0.25) is 15.1 Å². The number of aromatic nitrogens is 3. The van der Waals surface area contributed by atoms with Gasteiger partial charge in [0, 0.05) is 55.8 Å². The molecule has 4 rings (SSSR count). The van der Waals surface area contributed by atoms with Crippen molar-refractivity contribution in [3.63, 3.8) is 0 Å². The van der Waals surface area contributed by atoms with Crippen LogP contribution in [0.15, 0.2) is 54.1 Å². The minimum Gasteiger partial charge on any atom is -0.474 e. The number of hydrogen-bond acceptors (Lipinski definition) is 7. The van der Waals surface area contributed by atoms with Gasteiger partial charge in [0.1, 0.15) is 6.10 Å². The van der Waals surface area contributed by atoms with Crippen molar-refractivity contribution in [3.05, 3.63) is 75.1 Å². The molecule has 0 spiro atoms. The van der Waals surface area contributed by atoms with Crippen LogP contribution in [0.4, 0.5) is 0 Å². The first kappa shape index (κ1) is 25.6. The second-order valence-corrected chi connectivity index (χ2v) is 11.5. The second-order valence-electron chi connectivity index (χ2n) is 8.32. The molecule has 0 aliphatic carbocycles. The smallest absolute Gasteiger partial charge is 0.257 e. The lowest BCUT2D eigenvalue weighted by molar-refractivity contribution is 0.0768. The summed E-state index contributed by atoms with van der Waals surface area (Å²) in [7, 11) is -3.57. The lowest BCUT2D eigenvalue weighted by Gasteiger charge is -2.25. The van der Waals surface area contributed by atoms with Gasteiger partial charge in [-0.25, -0.2) is 23.4 Å². The van der Waals surface area contributed by atoms with Crippen molar-refractivity contribution in [2.24, 2.45) is 5.92 Å². The van der Waals surface area contributed by atoms with Crippen molar-refractivity contribution in [1.82, 2.24) is 19.9 Å². The Morgan fingerprint density at radius 1 is 1.03 bits per heavy atom. The van der Waals surface area contributed by atoms with Gasteiger partial charge in [0.25, 0.3) is 5.91 Å². The first-order chi connectivity index (χ1) is 16.5. The van der Waals surface area contributed by atoms with Crippen LogP contribution < -0.4 is 4.74 Å². The Balaban J connectivity index is 1.60. The fourth-order valence-electron chi connectivity index (χ4n) is 4.08. The Morgan fingerprint density at radius 2 is 1.74 bits per heavy atom. The van der Waals surface area contributed by atoms with E-state index in [9.17, 15) is 13.2 Å². The zero-order chi connectivity index (χ0) is 25.3. The number of carbonyl (C=O) groups excluding carboxylic acids is 1. The Bertz CT molecular complexity index is 1340. The van der Waals surface area contributed by atoms with Gasteiger partial charge in [0.2, 0.25) is 20.9 Å². The van der Waals surface area contributed by atoms with Crippen molar-refractivity contribution in [3.8, 4) is 5.88 Å². The molecule has 1 saturated heterocycles. The molecule has 3 aromatic rings. The van der Waals surface area contributed by atoms with E-state index in [1.165, 1.54) is 18.6 Å². The molecule has 0 N–H and O–H groups in total. The molecule has 2 aromatic heterocycles. The topological polar surface area (TPSA) is 102 Å². The number of rotatable bonds is 6. The van der Waals surface area contributed by atoms with Crippen LogP contribution in [0.3, 0.4) is 0 Å². The van der Waals surface area contributed by atoms with Gasteiger partial charge in [-0.1, -0.05) is 40.9 Å². The van der Waals surface area contributed by atoms with Crippen LogP contribution >= 0.6 is 34.8 Å². The molecule has 35 heavy (non-hydrogen) atoms. The molecule has 0 radical (unpaired) electrons. The third-order valence-corrected chi connectivity index (χ3v) is 7.68. The molecule has 8 nitrogen and oxygen atoms in total. The summed E-state index contributed by atoms with van der Waals surface area (Å²) in [5.74, 6) is -0.101. The zero-order valence-electron chi connectivity index (χ0n) is 18.7. The third-order valence-electron chi connectivity index (χ3n) is 5.84. The summed E-state index contributed by atoms with van der Waals surface area (Å²) in [4.78, 5) is 26.8. The number of ether oxygens (including phenoxy) is 1. The number of sulfone groups is 1. The van der Waals surface area contributed by atoms with E-state index in [4.69, 9.17) is 39.5 Å². The van der Waals surface area contributed by atoms with E-state index in [0.717, 1.165) is 11.8 Å². The maximum absolute atomic E-state index is 13.3. The second kappa shape index (κ2) is 10.3. The Kier molecular flexibility index (Phi) is 7.51. The number of carbonyl (C=O) groups is 1. The van der Waals surface area contributed by atoms with Gasteiger partial charge in [-0.3, -0.25) is 4.79 Å². The summed E-state index contributed by atoms with van der Waals surface area (Å²) in [6.07, 6.45) is 4.65. The van der Waals surface area contributed by atoms with Gasteiger partial charge >= 0.3 is 0 Å². The maximum Gasteiger partial charge on any atom is 0.257 e. The Labute approximate surface area is 218 Å². The SMILES string of the molecule is C[C@@H](Oc1ccc(Cl)cn1)[C@@H]1CN(C(=O)c2cnc(S(C)(=O)=O)nc2)C[C@H]1c1ccc(Cl)c(Cl)c1. The number of nitrogens with zero attached hydrogens (tertiary/aromatic N) is 4. The van der Waals surface area contributed by atoms with Gasteiger partial charge in [-0.15, -0.1) is 0 Å². The van der Waals surface area contributed by atoms with Crippen LogP contribution in [0, 0.1) is 5.92 Å². The van der Waals surface area contributed by atoms with E-state index < -0.39 is 9.84 Å². The highest BCUT2D eigenvalue weighted by molar-refractivity contribution is 7.90. The summed E-state index contributed by atoms with van der Waals surface area (Å²) < 4.78 is 29.4. The monoisotopic (exact) mass is 554 g/mol. The fraction of sp³-hybridized carbons (Fsp3) is 0.304. The van der Waals surface area contributed by atoms with Gasteiger partial charge in [-0.2, -0.15) is 0 Å². The molecule has 1 amide bonds. The Morgan fingerprint density at radius 3 is 2.34 bits per heavy atom. The van der Waals surface area contributed by atoms with Crippen LogP contribution in [-0.4, -0.2) is 59.6 Å². The minimum atomic E-state index is -3.57. The summed E-state index contributed by atoms with van der Waals surface area (Å²) >= 11 is 18.3. The molecule has 3 heterocycles. The van der Waals surface area contributed by atoms with Crippen molar-refractivity contribution in [2.75, 3.05) is 19.3 Å². The molecule has 0 saturated carbocycles. The maximum atomic E-state index is 13.3. The van der Waals surface area contributed by atoms with Gasteiger partial charge in [-0.05, 0) is 30.7 Å². The summed E-state index contributed by atoms with van der Waals surface area (Å²) in [5, 5.41) is 1.03.